The van der Waals surface area contributed by atoms with Crippen LogP contribution in [0, 0.1) is 11.8 Å². The number of carboxylic acid groups (broad SMARTS) is 1. The molecule has 1 fully saturated rings. The van der Waals surface area contributed by atoms with Gasteiger partial charge in [0.15, 0.2) is 0 Å². The van der Waals surface area contributed by atoms with Crippen LogP contribution < -0.4 is 5.32 Å². The van der Waals surface area contributed by atoms with Gasteiger partial charge >= 0.3 is 5.97 Å². The second kappa shape index (κ2) is 11.6. The van der Waals surface area contributed by atoms with Gasteiger partial charge in [0.05, 0.1) is 11.8 Å². The molecule has 1 amide bonds. The van der Waals surface area contributed by atoms with E-state index in [2.05, 4.69) is 11.9 Å². The highest BCUT2D eigenvalue weighted by Gasteiger charge is 2.42. The van der Waals surface area contributed by atoms with Crippen LogP contribution in [0.4, 0.5) is 0 Å². The van der Waals surface area contributed by atoms with Crippen LogP contribution in [0.3, 0.4) is 0 Å². The fourth-order valence-electron chi connectivity index (χ4n) is 3.34. The number of rotatable bonds is 13. The number of unbranched alkanes of at least 4 members (excludes halogenated alkanes) is 6. The van der Waals surface area contributed by atoms with Crippen molar-refractivity contribution in [3.05, 3.63) is 12.2 Å². The topological polar surface area (TPSA) is 101 Å². The molecule has 0 aromatic heterocycles. The molecule has 1 unspecified atom stereocenters. The van der Waals surface area contributed by atoms with Crippen molar-refractivity contribution in [3.63, 3.8) is 0 Å². The Balaban J connectivity index is 2.09. The monoisotopic (exact) mass is 365 g/mol. The standard InChI is InChI=1S/C20H31NO5/c1-14(2)19(24)21-13-9-7-5-3-4-6-8-10-15(20(25)26)18-16(22)11-12-17(18)23/h15,18H,1,3-13H2,2H3,(H,21,24)(H,25,26). The third kappa shape index (κ3) is 7.50. The summed E-state index contributed by atoms with van der Waals surface area (Å²) < 4.78 is 0. The highest BCUT2D eigenvalue weighted by atomic mass is 16.4. The normalized spacial score (nSPS) is 15.9. The van der Waals surface area contributed by atoms with E-state index in [9.17, 15) is 24.3 Å². The predicted molar refractivity (Wildman–Crippen MR) is 98.6 cm³/mol. The van der Waals surface area contributed by atoms with Gasteiger partial charge in [-0.05, 0) is 19.8 Å². The average molecular weight is 365 g/mol. The molecule has 1 aliphatic rings. The highest BCUT2D eigenvalue weighted by Crippen LogP contribution is 2.29. The summed E-state index contributed by atoms with van der Waals surface area (Å²) in [7, 11) is 0. The van der Waals surface area contributed by atoms with Crippen LogP contribution in [-0.2, 0) is 19.2 Å². The summed E-state index contributed by atoms with van der Waals surface area (Å²) in [5, 5.41) is 12.1. The highest BCUT2D eigenvalue weighted by molar-refractivity contribution is 6.10. The van der Waals surface area contributed by atoms with E-state index < -0.39 is 17.8 Å². The summed E-state index contributed by atoms with van der Waals surface area (Å²) in [4.78, 5) is 46.2. The number of carbonyl (C=O) groups is 4. The summed E-state index contributed by atoms with van der Waals surface area (Å²) in [6.45, 7) is 5.93. The number of hydrogen-bond acceptors (Lipinski definition) is 4. The maximum absolute atomic E-state index is 11.8. The second-order valence-electron chi connectivity index (χ2n) is 7.15. The summed E-state index contributed by atoms with van der Waals surface area (Å²) >= 11 is 0. The summed E-state index contributed by atoms with van der Waals surface area (Å²) in [5.74, 6) is -3.31. The van der Waals surface area contributed by atoms with Gasteiger partial charge in [-0.25, -0.2) is 0 Å². The number of carbonyl (C=O) groups excluding carboxylic acids is 3. The van der Waals surface area contributed by atoms with Gasteiger partial charge in [0.2, 0.25) is 5.91 Å². The molecule has 6 nitrogen and oxygen atoms in total. The lowest BCUT2D eigenvalue weighted by atomic mass is 9.85. The smallest absolute Gasteiger partial charge is 0.307 e. The van der Waals surface area contributed by atoms with E-state index in [1.165, 1.54) is 0 Å². The first-order valence-corrected chi connectivity index (χ1v) is 9.56. The van der Waals surface area contributed by atoms with E-state index in [0.29, 0.717) is 18.5 Å². The lowest BCUT2D eigenvalue weighted by Gasteiger charge is -2.16. The third-order valence-electron chi connectivity index (χ3n) is 4.90. The Morgan fingerprint density at radius 1 is 1.04 bits per heavy atom. The fourth-order valence-corrected chi connectivity index (χ4v) is 3.34. The van der Waals surface area contributed by atoms with Gasteiger partial charge in [-0.2, -0.15) is 0 Å². The molecule has 26 heavy (non-hydrogen) atoms. The third-order valence-corrected chi connectivity index (χ3v) is 4.90. The van der Waals surface area contributed by atoms with Gasteiger partial charge in [-0.1, -0.05) is 45.1 Å². The number of aliphatic carboxylic acids is 1. The zero-order valence-corrected chi connectivity index (χ0v) is 15.7. The molecule has 1 saturated carbocycles. The van der Waals surface area contributed by atoms with E-state index >= 15 is 0 Å². The Labute approximate surface area is 155 Å². The van der Waals surface area contributed by atoms with E-state index in [1.54, 1.807) is 6.92 Å². The molecule has 0 heterocycles. The minimum absolute atomic E-state index is 0.0998. The van der Waals surface area contributed by atoms with Crippen molar-refractivity contribution in [2.24, 2.45) is 11.8 Å². The molecule has 1 aliphatic carbocycles. The van der Waals surface area contributed by atoms with Crippen LogP contribution in [0.1, 0.15) is 71.1 Å². The number of amides is 1. The molecular formula is C20H31NO5. The maximum atomic E-state index is 11.8. The fraction of sp³-hybridized carbons (Fsp3) is 0.700. The minimum atomic E-state index is -1.03. The van der Waals surface area contributed by atoms with Crippen molar-refractivity contribution in [2.75, 3.05) is 6.54 Å². The lowest BCUT2D eigenvalue weighted by Crippen LogP contribution is -2.31. The predicted octanol–water partition coefficient (Wildman–Crippen LogP) is 3.05. The molecule has 0 radical (unpaired) electrons. The van der Waals surface area contributed by atoms with E-state index in [4.69, 9.17) is 0 Å². The molecule has 0 spiro atoms. The molecular weight excluding hydrogens is 334 g/mol. The second-order valence-corrected chi connectivity index (χ2v) is 7.15. The Morgan fingerprint density at radius 2 is 1.54 bits per heavy atom. The molecule has 0 aromatic carbocycles. The van der Waals surface area contributed by atoms with Crippen LogP contribution >= 0.6 is 0 Å². The van der Waals surface area contributed by atoms with Gasteiger partial charge in [-0.15, -0.1) is 0 Å². The molecule has 0 bridgehead atoms. The van der Waals surface area contributed by atoms with Crippen LogP contribution in [-0.4, -0.2) is 35.1 Å². The molecule has 146 valence electrons. The van der Waals surface area contributed by atoms with Crippen molar-refractivity contribution >= 4 is 23.4 Å². The Morgan fingerprint density at radius 3 is 2.04 bits per heavy atom. The zero-order valence-electron chi connectivity index (χ0n) is 15.7. The molecule has 0 saturated heterocycles. The van der Waals surface area contributed by atoms with Crippen LogP contribution in [0.2, 0.25) is 0 Å². The minimum Gasteiger partial charge on any atom is -0.481 e. The van der Waals surface area contributed by atoms with Crippen molar-refractivity contribution in [1.82, 2.24) is 5.32 Å². The first kappa shape index (κ1) is 22.1. The average Bonchev–Trinajstić information content (AvgIpc) is 2.91. The van der Waals surface area contributed by atoms with Gasteiger partial charge in [0, 0.05) is 25.0 Å². The number of Topliss-reactive ketones (excluding diaryl/α,β-unsaturated/α-hetero) is 2. The quantitative estimate of drug-likeness (QED) is 0.297. The maximum Gasteiger partial charge on any atom is 0.307 e. The Hall–Kier alpha value is -1.98. The summed E-state index contributed by atoms with van der Waals surface area (Å²) in [5.41, 5.74) is 0.519. The molecule has 6 heteroatoms. The Kier molecular flexibility index (Phi) is 9.84. The first-order chi connectivity index (χ1) is 12.3. The van der Waals surface area contributed by atoms with Crippen LogP contribution in [0.15, 0.2) is 12.2 Å². The lowest BCUT2D eigenvalue weighted by molar-refractivity contribution is -0.149. The number of hydrogen-bond donors (Lipinski definition) is 2. The van der Waals surface area contributed by atoms with Gasteiger partial charge in [-0.3, -0.25) is 19.2 Å². The molecule has 0 aromatic rings. The number of carboxylic acids is 1. The van der Waals surface area contributed by atoms with Crippen molar-refractivity contribution in [3.8, 4) is 0 Å². The largest absolute Gasteiger partial charge is 0.481 e. The first-order valence-electron chi connectivity index (χ1n) is 9.56. The summed E-state index contributed by atoms with van der Waals surface area (Å²) in [6, 6.07) is 0. The molecule has 0 aliphatic heterocycles. The number of ketones is 2. The molecule has 2 N–H and O–H groups in total. The van der Waals surface area contributed by atoms with Crippen molar-refractivity contribution < 1.29 is 24.3 Å². The van der Waals surface area contributed by atoms with Gasteiger partial charge in [0.25, 0.3) is 0 Å². The SMILES string of the molecule is C=C(C)C(=O)NCCCCCCCCCC(C(=O)O)C1C(=O)CCC1=O. The van der Waals surface area contributed by atoms with Crippen LogP contribution in [0.5, 0.6) is 0 Å². The molecule has 1 rings (SSSR count). The van der Waals surface area contributed by atoms with Gasteiger partial charge < -0.3 is 10.4 Å². The Bertz CT molecular complexity index is 524. The van der Waals surface area contributed by atoms with Crippen molar-refractivity contribution in [2.45, 2.75) is 71.1 Å². The zero-order chi connectivity index (χ0) is 19.5. The summed E-state index contributed by atoms with van der Waals surface area (Å²) in [6.07, 6.45) is 7.54. The van der Waals surface area contributed by atoms with Crippen LogP contribution in [0.25, 0.3) is 0 Å². The van der Waals surface area contributed by atoms with E-state index in [-0.39, 0.29) is 30.3 Å². The number of nitrogens with one attached hydrogen (secondary N) is 1. The van der Waals surface area contributed by atoms with E-state index in [1.807, 2.05) is 0 Å². The van der Waals surface area contributed by atoms with Crippen molar-refractivity contribution in [1.29, 1.82) is 0 Å². The van der Waals surface area contributed by atoms with E-state index in [0.717, 1.165) is 44.9 Å². The van der Waals surface area contributed by atoms with Gasteiger partial charge in [0.1, 0.15) is 11.6 Å². The molecule has 1 atom stereocenters.